The molecule has 1 saturated heterocycles. The van der Waals surface area contributed by atoms with Crippen LogP contribution >= 0.6 is 0 Å². The maximum atomic E-state index is 11.0. The maximum Gasteiger partial charge on any atom is 0.254 e. The van der Waals surface area contributed by atoms with Gasteiger partial charge in [0.2, 0.25) is 5.91 Å². The summed E-state index contributed by atoms with van der Waals surface area (Å²) >= 11 is 0. The second-order valence-electron chi connectivity index (χ2n) is 8.91. The van der Waals surface area contributed by atoms with Gasteiger partial charge in [0.1, 0.15) is 0 Å². The Bertz CT molecular complexity index is 453. The highest BCUT2D eigenvalue weighted by Crippen LogP contribution is 2.28. The molecular formula is C26H47NO2. The molecular weight excluding hydrogens is 358 g/mol. The summed E-state index contributed by atoms with van der Waals surface area (Å²) in [5, 5.41) is 2.31. The van der Waals surface area contributed by atoms with E-state index in [4.69, 9.17) is 0 Å². The lowest BCUT2D eigenvalue weighted by Gasteiger charge is -2.11. The molecule has 1 atom stereocenters. The predicted molar refractivity (Wildman–Crippen MR) is 124 cm³/mol. The number of hydrogen-bond donors (Lipinski definition) is 1. The number of unbranched alkanes of at least 4 members (excludes halogenated alkanes) is 15. The molecule has 1 aliphatic heterocycles. The van der Waals surface area contributed by atoms with Crippen molar-refractivity contribution in [1.82, 2.24) is 5.32 Å². The van der Waals surface area contributed by atoms with Crippen LogP contribution in [-0.4, -0.2) is 11.8 Å². The van der Waals surface area contributed by atoms with Gasteiger partial charge in [0.15, 0.2) is 0 Å². The largest absolute Gasteiger partial charge is 0.292 e. The Hall–Kier alpha value is -1.12. The molecule has 0 aromatic carbocycles. The van der Waals surface area contributed by atoms with E-state index >= 15 is 0 Å². The molecule has 0 bridgehead atoms. The summed E-state index contributed by atoms with van der Waals surface area (Å²) in [5.74, 6) is -0.420. The van der Waals surface area contributed by atoms with Gasteiger partial charge in [0.25, 0.3) is 5.91 Å². The highest BCUT2D eigenvalue weighted by molar-refractivity contribution is 6.14. The minimum Gasteiger partial charge on any atom is -0.292 e. The summed E-state index contributed by atoms with van der Waals surface area (Å²) in [6.45, 7) is 4.59. The molecule has 1 unspecified atom stereocenters. The Labute approximate surface area is 180 Å². The Balaban J connectivity index is 0.000000321. The number of allylic oxidation sites excluding steroid dienone is 1. The number of carbonyl (C=O) groups is 2. The fourth-order valence-electron chi connectivity index (χ4n) is 4.29. The maximum absolute atomic E-state index is 11.0. The molecule has 3 nitrogen and oxygen atoms in total. The highest BCUT2D eigenvalue weighted by Gasteiger charge is 2.36. The van der Waals surface area contributed by atoms with Crippen LogP contribution in [0.3, 0.4) is 0 Å². The van der Waals surface area contributed by atoms with Crippen molar-refractivity contribution in [2.75, 3.05) is 0 Å². The fraction of sp³-hybridized carbons (Fsp3) is 0.846. The van der Waals surface area contributed by atoms with Gasteiger partial charge < -0.3 is 0 Å². The van der Waals surface area contributed by atoms with Crippen molar-refractivity contribution >= 4 is 11.8 Å². The normalized spacial score (nSPS) is 18.0. The molecule has 168 valence electrons. The summed E-state index contributed by atoms with van der Waals surface area (Å²) in [5.41, 5.74) is 0.696. The minimum atomic E-state index is -0.181. The first kappa shape index (κ1) is 25.9. The van der Waals surface area contributed by atoms with Gasteiger partial charge in [-0.25, -0.2) is 0 Å². The Morgan fingerprint density at radius 2 is 1.14 bits per heavy atom. The third kappa shape index (κ3) is 12.2. The number of carbonyl (C=O) groups excluding carboxylic acids is 2. The zero-order valence-corrected chi connectivity index (χ0v) is 19.4. The first-order valence-electron chi connectivity index (χ1n) is 12.8. The molecule has 0 saturated carbocycles. The average molecular weight is 406 g/mol. The summed E-state index contributed by atoms with van der Waals surface area (Å²) in [7, 11) is 0. The van der Waals surface area contributed by atoms with Crippen molar-refractivity contribution in [2.45, 2.75) is 136 Å². The summed E-state index contributed by atoms with van der Waals surface area (Å²) in [6, 6.07) is 0. The predicted octanol–water partition coefficient (Wildman–Crippen LogP) is 7.64. The van der Waals surface area contributed by atoms with E-state index in [1.807, 2.05) is 6.08 Å². The zero-order chi connectivity index (χ0) is 21.2. The van der Waals surface area contributed by atoms with Gasteiger partial charge >= 0.3 is 0 Å². The van der Waals surface area contributed by atoms with E-state index in [9.17, 15) is 9.59 Å². The van der Waals surface area contributed by atoms with Crippen molar-refractivity contribution in [3.8, 4) is 0 Å². The standard InChI is InChI=1S/C18H38.C8H9NO2/c1-3-5-7-9-11-13-15-17-18-16-14-12-10-8-6-4-2;10-7-5-3-1-2-4-6(5)8(11)9-7/h3-18H2,1-2H3;3,6H,1-2,4H2,(H,9,10,11). The van der Waals surface area contributed by atoms with Crippen molar-refractivity contribution in [1.29, 1.82) is 0 Å². The molecule has 0 spiro atoms. The van der Waals surface area contributed by atoms with E-state index in [1.165, 1.54) is 103 Å². The Morgan fingerprint density at radius 1 is 0.724 bits per heavy atom. The third-order valence-electron chi connectivity index (χ3n) is 6.21. The number of rotatable bonds is 15. The Morgan fingerprint density at radius 3 is 1.52 bits per heavy atom. The monoisotopic (exact) mass is 405 g/mol. The van der Waals surface area contributed by atoms with Crippen LogP contribution < -0.4 is 5.32 Å². The fourth-order valence-corrected chi connectivity index (χ4v) is 4.29. The lowest BCUT2D eigenvalue weighted by Crippen LogP contribution is -2.21. The van der Waals surface area contributed by atoms with Gasteiger partial charge in [-0.15, -0.1) is 0 Å². The van der Waals surface area contributed by atoms with Gasteiger partial charge in [-0.2, -0.15) is 0 Å². The molecule has 0 aromatic rings. The van der Waals surface area contributed by atoms with E-state index < -0.39 is 0 Å². The second-order valence-corrected chi connectivity index (χ2v) is 8.91. The van der Waals surface area contributed by atoms with Crippen LogP contribution in [0.25, 0.3) is 0 Å². The first-order valence-corrected chi connectivity index (χ1v) is 12.8. The second kappa shape index (κ2) is 17.7. The summed E-state index contributed by atoms with van der Waals surface area (Å²) < 4.78 is 0. The van der Waals surface area contributed by atoms with Crippen LogP contribution in [0, 0.1) is 5.92 Å². The van der Waals surface area contributed by atoms with E-state index in [2.05, 4.69) is 19.2 Å². The number of fused-ring (bicyclic) bond motifs is 1. The van der Waals surface area contributed by atoms with Gasteiger partial charge in [-0.05, 0) is 19.3 Å². The molecule has 1 heterocycles. The van der Waals surface area contributed by atoms with E-state index in [0.29, 0.717) is 5.57 Å². The lowest BCUT2D eigenvalue weighted by atomic mass is 9.90. The molecule has 3 heteroatoms. The molecule has 2 aliphatic rings. The molecule has 2 amide bonds. The van der Waals surface area contributed by atoms with Gasteiger partial charge in [-0.1, -0.05) is 123 Å². The Kier molecular flexibility index (Phi) is 15.8. The van der Waals surface area contributed by atoms with Crippen LogP contribution in [0.2, 0.25) is 0 Å². The first-order chi connectivity index (χ1) is 14.2. The quantitative estimate of drug-likeness (QED) is 0.225. The van der Waals surface area contributed by atoms with E-state index in [1.54, 1.807) is 0 Å². The van der Waals surface area contributed by atoms with Crippen molar-refractivity contribution in [3.63, 3.8) is 0 Å². The number of amides is 2. The van der Waals surface area contributed by atoms with Crippen LogP contribution in [0.1, 0.15) is 136 Å². The van der Waals surface area contributed by atoms with E-state index in [0.717, 1.165) is 19.3 Å². The third-order valence-corrected chi connectivity index (χ3v) is 6.21. The summed E-state index contributed by atoms with van der Waals surface area (Å²) in [6.07, 6.45) is 28.1. The molecule has 2 rings (SSSR count). The topological polar surface area (TPSA) is 46.2 Å². The average Bonchev–Trinajstić information content (AvgIpc) is 3.03. The smallest absolute Gasteiger partial charge is 0.254 e. The number of hydrogen-bond acceptors (Lipinski definition) is 2. The lowest BCUT2D eigenvalue weighted by molar-refractivity contribution is -0.125. The summed E-state index contributed by atoms with van der Waals surface area (Å²) in [4.78, 5) is 22.1. The van der Waals surface area contributed by atoms with Crippen LogP contribution in [0.5, 0.6) is 0 Å². The van der Waals surface area contributed by atoms with Gasteiger partial charge in [0.05, 0.1) is 5.92 Å². The highest BCUT2D eigenvalue weighted by atomic mass is 16.2. The van der Waals surface area contributed by atoms with Gasteiger partial charge in [-0.3, -0.25) is 14.9 Å². The molecule has 1 fully saturated rings. The van der Waals surface area contributed by atoms with Crippen molar-refractivity contribution in [3.05, 3.63) is 11.6 Å². The van der Waals surface area contributed by atoms with Gasteiger partial charge in [0, 0.05) is 5.57 Å². The minimum absolute atomic E-state index is 0.110. The molecule has 0 aromatic heterocycles. The number of imide groups is 1. The van der Waals surface area contributed by atoms with Crippen LogP contribution in [0.4, 0.5) is 0 Å². The van der Waals surface area contributed by atoms with E-state index in [-0.39, 0.29) is 17.7 Å². The zero-order valence-electron chi connectivity index (χ0n) is 19.4. The molecule has 1 aliphatic carbocycles. The SMILES string of the molecule is CCCCCCCCCCCCCCCCCC.O=C1NC(=O)C2CCCC=C12. The van der Waals surface area contributed by atoms with Crippen molar-refractivity contribution in [2.24, 2.45) is 5.92 Å². The molecule has 0 radical (unpaired) electrons. The molecule has 29 heavy (non-hydrogen) atoms. The van der Waals surface area contributed by atoms with Crippen molar-refractivity contribution < 1.29 is 9.59 Å². The van der Waals surface area contributed by atoms with Crippen LogP contribution in [-0.2, 0) is 9.59 Å². The molecule has 1 N–H and O–H groups in total. The number of nitrogens with one attached hydrogen (secondary N) is 1. The van der Waals surface area contributed by atoms with Crippen LogP contribution in [0.15, 0.2) is 11.6 Å².